The molecule has 1 saturated heterocycles. The van der Waals surface area contributed by atoms with E-state index in [1.54, 1.807) is 6.92 Å². The lowest BCUT2D eigenvalue weighted by Crippen LogP contribution is -2.41. The Morgan fingerprint density at radius 1 is 1.50 bits per heavy atom. The smallest absolute Gasteiger partial charge is 0.319 e. The second-order valence-corrected chi connectivity index (χ2v) is 5.40. The summed E-state index contributed by atoms with van der Waals surface area (Å²) < 4.78 is 13.5. The standard InChI is InChI=1S/C13H11BrFN3O2/c1-13(9-4-3-8(15)7-10(9)14)11(19)18(6-2-5-16)12(20)17-13/h3-4,7H,2,6H2,1H3,(H,17,20)/t13-/m0/s1. The average molecular weight is 340 g/mol. The van der Waals surface area contributed by atoms with Crippen molar-refractivity contribution in [2.75, 3.05) is 6.54 Å². The third-order valence-corrected chi connectivity index (χ3v) is 3.85. The summed E-state index contributed by atoms with van der Waals surface area (Å²) in [5.74, 6) is -0.896. The van der Waals surface area contributed by atoms with Gasteiger partial charge in [-0.1, -0.05) is 22.0 Å². The van der Waals surface area contributed by atoms with E-state index in [1.165, 1.54) is 18.2 Å². The van der Waals surface area contributed by atoms with Crippen LogP contribution in [-0.2, 0) is 10.3 Å². The van der Waals surface area contributed by atoms with Gasteiger partial charge in [0, 0.05) is 16.6 Å². The number of urea groups is 1. The van der Waals surface area contributed by atoms with Gasteiger partial charge in [-0.15, -0.1) is 0 Å². The summed E-state index contributed by atoms with van der Waals surface area (Å²) in [4.78, 5) is 25.3. The summed E-state index contributed by atoms with van der Waals surface area (Å²) >= 11 is 3.20. The molecule has 7 heteroatoms. The molecule has 0 bridgehead atoms. The number of carbonyl (C=O) groups excluding carboxylic acids is 2. The van der Waals surface area contributed by atoms with Crippen LogP contribution in [0.4, 0.5) is 9.18 Å². The number of nitrogens with zero attached hydrogens (tertiary/aromatic N) is 2. The first-order valence-corrected chi connectivity index (χ1v) is 6.66. The summed E-state index contributed by atoms with van der Waals surface area (Å²) in [6.07, 6.45) is 0.0693. The average Bonchev–Trinajstić information content (AvgIpc) is 2.59. The number of rotatable bonds is 3. The zero-order valence-corrected chi connectivity index (χ0v) is 12.2. The second-order valence-electron chi connectivity index (χ2n) is 4.54. The molecule has 0 spiro atoms. The van der Waals surface area contributed by atoms with Crippen LogP contribution in [0.15, 0.2) is 22.7 Å². The lowest BCUT2D eigenvalue weighted by molar-refractivity contribution is -0.131. The van der Waals surface area contributed by atoms with Crippen molar-refractivity contribution in [3.63, 3.8) is 0 Å². The molecule has 20 heavy (non-hydrogen) atoms. The molecule has 1 aromatic rings. The van der Waals surface area contributed by atoms with E-state index in [1.807, 2.05) is 6.07 Å². The first-order chi connectivity index (χ1) is 9.40. The van der Waals surface area contributed by atoms with Gasteiger partial charge in [-0.2, -0.15) is 5.26 Å². The maximum Gasteiger partial charge on any atom is 0.325 e. The monoisotopic (exact) mass is 339 g/mol. The largest absolute Gasteiger partial charge is 0.325 e. The molecule has 2 rings (SSSR count). The van der Waals surface area contributed by atoms with Gasteiger partial charge in [-0.05, 0) is 19.1 Å². The van der Waals surface area contributed by atoms with Crippen LogP contribution in [0.1, 0.15) is 18.9 Å². The molecule has 0 radical (unpaired) electrons. The van der Waals surface area contributed by atoms with E-state index in [2.05, 4.69) is 21.2 Å². The number of hydrogen-bond donors (Lipinski definition) is 1. The summed E-state index contributed by atoms with van der Waals surface area (Å²) in [6.45, 7) is 1.59. The highest BCUT2D eigenvalue weighted by molar-refractivity contribution is 9.10. The Bertz CT molecular complexity index is 629. The molecule has 0 saturated carbocycles. The second kappa shape index (κ2) is 5.21. The van der Waals surface area contributed by atoms with Gasteiger partial charge in [0.1, 0.15) is 11.4 Å². The lowest BCUT2D eigenvalue weighted by atomic mass is 9.92. The molecule has 5 nitrogen and oxygen atoms in total. The molecule has 1 aliphatic heterocycles. The first kappa shape index (κ1) is 14.5. The van der Waals surface area contributed by atoms with Crippen molar-refractivity contribution in [1.82, 2.24) is 10.2 Å². The minimum atomic E-state index is -1.26. The van der Waals surface area contributed by atoms with Gasteiger partial charge in [-0.25, -0.2) is 9.18 Å². The fraction of sp³-hybridized carbons (Fsp3) is 0.308. The molecule has 3 amide bonds. The molecule has 104 valence electrons. The fourth-order valence-corrected chi connectivity index (χ4v) is 2.89. The predicted octanol–water partition coefficient (Wildman–Crippen LogP) is 2.27. The minimum Gasteiger partial charge on any atom is -0.319 e. The van der Waals surface area contributed by atoms with Crippen molar-refractivity contribution in [3.05, 3.63) is 34.1 Å². The molecule has 0 aromatic heterocycles. The van der Waals surface area contributed by atoms with Crippen LogP contribution in [0.3, 0.4) is 0 Å². The van der Waals surface area contributed by atoms with Crippen molar-refractivity contribution in [2.45, 2.75) is 18.9 Å². The van der Waals surface area contributed by atoms with Gasteiger partial charge in [0.05, 0.1) is 12.5 Å². The van der Waals surface area contributed by atoms with E-state index in [4.69, 9.17) is 5.26 Å². The van der Waals surface area contributed by atoms with Crippen LogP contribution < -0.4 is 5.32 Å². The highest BCUT2D eigenvalue weighted by Gasteiger charge is 2.49. The van der Waals surface area contributed by atoms with E-state index in [0.717, 1.165) is 4.90 Å². The lowest BCUT2D eigenvalue weighted by Gasteiger charge is -2.23. The highest BCUT2D eigenvalue weighted by Crippen LogP contribution is 2.34. The van der Waals surface area contributed by atoms with Crippen LogP contribution in [-0.4, -0.2) is 23.4 Å². The fourth-order valence-electron chi connectivity index (χ4n) is 2.14. The summed E-state index contributed by atoms with van der Waals surface area (Å²) in [7, 11) is 0. The van der Waals surface area contributed by atoms with Crippen LogP contribution in [0, 0.1) is 17.1 Å². The molecular formula is C13H11BrFN3O2. The highest BCUT2D eigenvalue weighted by atomic mass is 79.9. The Kier molecular flexibility index (Phi) is 3.77. The number of nitriles is 1. The Hall–Kier alpha value is -1.94. The quantitative estimate of drug-likeness (QED) is 0.858. The Morgan fingerprint density at radius 3 is 2.80 bits per heavy atom. The van der Waals surface area contributed by atoms with E-state index >= 15 is 0 Å². The molecule has 1 aromatic carbocycles. The maximum atomic E-state index is 13.1. The predicted molar refractivity (Wildman–Crippen MR) is 71.9 cm³/mol. The van der Waals surface area contributed by atoms with Crippen molar-refractivity contribution in [3.8, 4) is 6.07 Å². The number of carbonyl (C=O) groups is 2. The normalized spacial score (nSPS) is 21.8. The van der Waals surface area contributed by atoms with Gasteiger partial charge >= 0.3 is 6.03 Å². The maximum absolute atomic E-state index is 13.1. The van der Waals surface area contributed by atoms with Crippen LogP contribution in [0.2, 0.25) is 0 Å². The Labute approximate surface area is 123 Å². The summed E-state index contributed by atoms with van der Waals surface area (Å²) in [5.41, 5.74) is -0.796. The Morgan fingerprint density at radius 2 is 2.20 bits per heavy atom. The van der Waals surface area contributed by atoms with Gasteiger partial charge < -0.3 is 5.32 Å². The topological polar surface area (TPSA) is 73.2 Å². The van der Waals surface area contributed by atoms with Crippen molar-refractivity contribution >= 4 is 27.9 Å². The minimum absolute atomic E-state index is 0.0373. The molecule has 1 heterocycles. The number of nitrogens with one attached hydrogen (secondary N) is 1. The number of benzene rings is 1. The SMILES string of the molecule is C[C@@]1(c2ccc(F)cc2Br)NC(=O)N(CCC#N)C1=O. The Balaban J connectivity index is 2.38. The molecular weight excluding hydrogens is 329 g/mol. The zero-order chi connectivity index (χ0) is 14.9. The summed E-state index contributed by atoms with van der Waals surface area (Å²) in [5, 5.41) is 11.1. The number of hydrogen-bond acceptors (Lipinski definition) is 3. The molecule has 0 aliphatic carbocycles. The van der Waals surface area contributed by atoms with Crippen molar-refractivity contribution in [2.24, 2.45) is 0 Å². The third kappa shape index (κ3) is 2.27. The van der Waals surface area contributed by atoms with Crippen molar-refractivity contribution in [1.29, 1.82) is 5.26 Å². The third-order valence-electron chi connectivity index (χ3n) is 3.19. The number of amides is 3. The van der Waals surface area contributed by atoms with E-state index in [-0.39, 0.29) is 13.0 Å². The number of halogens is 2. The molecule has 1 atom stereocenters. The first-order valence-electron chi connectivity index (χ1n) is 5.86. The van der Waals surface area contributed by atoms with Crippen LogP contribution >= 0.6 is 15.9 Å². The molecule has 1 N–H and O–H groups in total. The molecule has 0 unspecified atom stereocenters. The van der Waals surface area contributed by atoms with Crippen LogP contribution in [0.5, 0.6) is 0 Å². The number of imide groups is 1. The zero-order valence-electron chi connectivity index (χ0n) is 10.6. The molecule has 1 aliphatic rings. The molecule has 1 fully saturated rings. The van der Waals surface area contributed by atoms with E-state index < -0.39 is 23.3 Å². The van der Waals surface area contributed by atoms with E-state index in [0.29, 0.717) is 10.0 Å². The van der Waals surface area contributed by atoms with Gasteiger partial charge in [0.25, 0.3) is 5.91 Å². The van der Waals surface area contributed by atoms with Gasteiger partial charge in [0.2, 0.25) is 0 Å². The van der Waals surface area contributed by atoms with Gasteiger partial charge in [0.15, 0.2) is 0 Å². The summed E-state index contributed by atoms with van der Waals surface area (Å²) in [6, 6.07) is 5.25. The van der Waals surface area contributed by atoms with Gasteiger partial charge in [-0.3, -0.25) is 9.69 Å². The van der Waals surface area contributed by atoms with Crippen LogP contribution in [0.25, 0.3) is 0 Å². The van der Waals surface area contributed by atoms with Crippen molar-refractivity contribution < 1.29 is 14.0 Å². The van der Waals surface area contributed by atoms with E-state index in [9.17, 15) is 14.0 Å².